The van der Waals surface area contributed by atoms with Gasteiger partial charge in [-0.05, 0) is 26.9 Å². The molecule has 0 bridgehead atoms. The molecule has 0 heterocycles. The number of hydrogen-bond acceptors (Lipinski definition) is 3. The van der Waals surface area contributed by atoms with E-state index in [0.29, 0.717) is 12.8 Å². The average molecular weight is 277 g/mol. The zero-order chi connectivity index (χ0) is 14.8. The Morgan fingerprint density at radius 2 is 2.00 bits per heavy atom. The summed E-state index contributed by atoms with van der Waals surface area (Å²) >= 11 is 0. The second-order valence-electron chi connectivity index (χ2n) is 5.83. The first kappa shape index (κ1) is 14.9. The fourth-order valence-corrected chi connectivity index (χ4v) is 3.24. The molecule has 0 radical (unpaired) electrons. The van der Waals surface area contributed by atoms with Crippen molar-refractivity contribution >= 4 is 5.97 Å². The molecule has 2 rings (SSSR count). The van der Waals surface area contributed by atoms with E-state index >= 15 is 0 Å². The van der Waals surface area contributed by atoms with Crippen molar-refractivity contribution < 1.29 is 14.6 Å². The summed E-state index contributed by atoms with van der Waals surface area (Å²) in [5, 5.41) is 9.74. The van der Waals surface area contributed by atoms with Crippen LogP contribution in [0.2, 0.25) is 0 Å². The third-order valence-electron chi connectivity index (χ3n) is 4.17. The van der Waals surface area contributed by atoms with Crippen molar-refractivity contribution in [1.82, 2.24) is 4.90 Å². The molecule has 1 fully saturated rings. The zero-order valence-corrected chi connectivity index (χ0v) is 12.5. The second kappa shape index (κ2) is 5.83. The van der Waals surface area contributed by atoms with Crippen LogP contribution in [0.3, 0.4) is 0 Å². The summed E-state index contributed by atoms with van der Waals surface area (Å²) in [5.41, 5.74) is 1.11. The summed E-state index contributed by atoms with van der Waals surface area (Å²) < 4.78 is 5.57. The smallest absolute Gasteiger partial charge is 0.314 e. The summed E-state index contributed by atoms with van der Waals surface area (Å²) in [6.45, 7) is 0.743. The lowest BCUT2D eigenvalue weighted by atomic mass is 9.77. The summed E-state index contributed by atoms with van der Waals surface area (Å²) in [4.78, 5) is 13.9. The van der Waals surface area contributed by atoms with Crippen molar-refractivity contribution in [3.63, 3.8) is 0 Å². The van der Waals surface area contributed by atoms with Crippen LogP contribution in [-0.4, -0.2) is 37.2 Å². The van der Waals surface area contributed by atoms with Crippen LogP contribution in [0.25, 0.3) is 0 Å². The van der Waals surface area contributed by atoms with Gasteiger partial charge in [0.05, 0.1) is 12.5 Å². The van der Waals surface area contributed by atoms with Gasteiger partial charge in [0.25, 0.3) is 0 Å². The zero-order valence-electron chi connectivity index (χ0n) is 12.5. The van der Waals surface area contributed by atoms with Crippen LogP contribution in [0.15, 0.2) is 18.2 Å². The molecule has 0 amide bonds. The largest absolute Gasteiger partial charge is 0.496 e. The van der Waals surface area contributed by atoms with Crippen molar-refractivity contribution in [3.8, 4) is 5.75 Å². The fourth-order valence-electron chi connectivity index (χ4n) is 3.24. The van der Waals surface area contributed by atoms with Gasteiger partial charge in [-0.3, -0.25) is 4.79 Å². The predicted molar refractivity (Wildman–Crippen MR) is 78.2 cm³/mol. The highest BCUT2D eigenvalue weighted by Crippen LogP contribution is 2.46. The fraction of sp³-hybridized carbons (Fsp3) is 0.562. The maximum absolute atomic E-state index is 11.9. The monoisotopic (exact) mass is 277 g/mol. The molecule has 20 heavy (non-hydrogen) atoms. The first-order valence-electron chi connectivity index (χ1n) is 7.06. The maximum atomic E-state index is 11.9. The van der Waals surface area contributed by atoms with E-state index in [0.717, 1.165) is 36.3 Å². The van der Waals surface area contributed by atoms with Crippen LogP contribution in [0.5, 0.6) is 5.75 Å². The van der Waals surface area contributed by atoms with Gasteiger partial charge < -0.3 is 14.7 Å². The SMILES string of the molecule is COc1c(CN(C)C)cccc1C1(C(=O)O)CCCC1. The number of aliphatic carboxylic acids is 1. The van der Waals surface area contributed by atoms with Crippen LogP contribution in [0.4, 0.5) is 0 Å². The Hall–Kier alpha value is -1.55. The summed E-state index contributed by atoms with van der Waals surface area (Å²) in [6, 6.07) is 5.87. The molecule has 1 aromatic rings. The van der Waals surface area contributed by atoms with E-state index in [-0.39, 0.29) is 0 Å². The Morgan fingerprint density at radius 1 is 1.35 bits per heavy atom. The number of hydrogen-bond donors (Lipinski definition) is 1. The first-order chi connectivity index (χ1) is 9.51. The molecule has 0 spiro atoms. The van der Waals surface area contributed by atoms with Crippen LogP contribution in [0.1, 0.15) is 36.8 Å². The Morgan fingerprint density at radius 3 is 2.50 bits per heavy atom. The molecule has 1 aliphatic rings. The van der Waals surface area contributed by atoms with Crippen LogP contribution in [-0.2, 0) is 16.8 Å². The van der Waals surface area contributed by atoms with Crippen molar-refractivity contribution in [3.05, 3.63) is 29.3 Å². The molecule has 1 saturated carbocycles. The minimum absolute atomic E-state index is 0.699. The standard InChI is InChI=1S/C16H23NO3/c1-17(2)11-12-7-6-8-13(14(12)20-3)16(15(18)19)9-4-5-10-16/h6-8H,4-5,9-11H2,1-3H3,(H,18,19). The molecule has 1 aliphatic carbocycles. The molecule has 0 atom stereocenters. The Kier molecular flexibility index (Phi) is 4.33. The van der Waals surface area contributed by atoms with E-state index in [9.17, 15) is 9.90 Å². The van der Waals surface area contributed by atoms with Gasteiger partial charge in [-0.2, -0.15) is 0 Å². The van der Waals surface area contributed by atoms with Gasteiger partial charge in [0, 0.05) is 17.7 Å². The van der Waals surface area contributed by atoms with Crippen molar-refractivity contribution in [2.75, 3.05) is 21.2 Å². The normalized spacial score (nSPS) is 17.4. The molecule has 1 N–H and O–H groups in total. The average Bonchev–Trinajstić information content (AvgIpc) is 2.88. The highest BCUT2D eigenvalue weighted by atomic mass is 16.5. The molecule has 0 unspecified atom stereocenters. The number of rotatable bonds is 5. The number of carbonyl (C=O) groups is 1. The van der Waals surface area contributed by atoms with E-state index in [1.165, 1.54) is 0 Å². The molecule has 0 saturated heterocycles. The summed E-state index contributed by atoms with van der Waals surface area (Å²) in [6.07, 6.45) is 3.33. The highest BCUT2D eigenvalue weighted by Gasteiger charge is 2.45. The van der Waals surface area contributed by atoms with E-state index in [1.807, 2.05) is 32.3 Å². The Bertz CT molecular complexity index is 490. The molecule has 110 valence electrons. The van der Waals surface area contributed by atoms with E-state index in [1.54, 1.807) is 7.11 Å². The van der Waals surface area contributed by atoms with Gasteiger partial charge in [-0.25, -0.2) is 0 Å². The van der Waals surface area contributed by atoms with E-state index in [2.05, 4.69) is 4.90 Å². The molecular weight excluding hydrogens is 254 g/mol. The van der Waals surface area contributed by atoms with E-state index < -0.39 is 11.4 Å². The van der Waals surface area contributed by atoms with Crippen molar-refractivity contribution in [2.24, 2.45) is 0 Å². The highest BCUT2D eigenvalue weighted by molar-refractivity contribution is 5.83. The first-order valence-corrected chi connectivity index (χ1v) is 7.06. The number of benzene rings is 1. The van der Waals surface area contributed by atoms with E-state index in [4.69, 9.17) is 4.74 Å². The van der Waals surface area contributed by atoms with Gasteiger partial charge >= 0.3 is 5.97 Å². The van der Waals surface area contributed by atoms with Crippen LogP contribution < -0.4 is 4.74 Å². The van der Waals surface area contributed by atoms with Crippen LogP contribution >= 0.6 is 0 Å². The minimum Gasteiger partial charge on any atom is -0.496 e. The number of methoxy groups -OCH3 is 1. The van der Waals surface area contributed by atoms with Crippen molar-refractivity contribution in [2.45, 2.75) is 37.6 Å². The predicted octanol–water partition coefficient (Wildman–Crippen LogP) is 2.65. The number of carboxylic acids is 1. The van der Waals surface area contributed by atoms with Gasteiger partial charge in [0.1, 0.15) is 5.75 Å². The third-order valence-corrected chi connectivity index (χ3v) is 4.17. The van der Waals surface area contributed by atoms with Gasteiger partial charge in [0.15, 0.2) is 0 Å². The Balaban J connectivity index is 2.52. The lowest BCUT2D eigenvalue weighted by Gasteiger charge is -2.28. The lowest BCUT2D eigenvalue weighted by Crippen LogP contribution is -2.33. The molecule has 4 nitrogen and oxygen atoms in total. The quantitative estimate of drug-likeness (QED) is 0.899. The molecule has 1 aromatic carbocycles. The number of carboxylic acid groups (broad SMARTS) is 1. The third kappa shape index (κ3) is 2.52. The summed E-state index contributed by atoms with van der Waals surface area (Å²) in [5.74, 6) is 0.0146. The topological polar surface area (TPSA) is 49.8 Å². The molecular formula is C16H23NO3. The van der Waals surface area contributed by atoms with Crippen LogP contribution in [0, 0.1) is 0 Å². The number of nitrogens with zero attached hydrogens (tertiary/aromatic N) is 1. The van der Waals surface area contributed by atoms with Gasteiger partial charge in [-0.15, -0.1) is 0 Å². The number of para-hydroxylation sites is 1. The second-order valence-corrected chi connectivity index (χ2v) is 5.83. The number of ether oxygens (including phenoxy) is 1. The maximum Gasteiger partial charge on any atom is 0.314 e. The molecule has 4 heteroatoms. The van der Waals surface area contributed by atoms with Crippen molar-refractivity contribution in [1.29, 1.82) is 0 Å². The molecule has 0 aliphatic heterocycles. The minimum atomic E-state index is -0.770. The lowest BCUT2D eigenvalue weighted by molar-refractivity contribution is -0.143. The Labute approximate surface area is 120 Å². The molecule has 0 aromatic heterocycles. The van der Waals surface area contributed by atoms with Gasteiger partial charge in [0.2, 0.25) is 0 Å². The van der Waals surface area contributed by atoms with Gasteiger partial charge in [-0.1, -0.05) is 31.0 Å². The summed E-state index contributed by atoms with van der Waals surface area (Å²) in [7, 11) is 5.62.